The monoisotopic (exact) mass is 570 g/mol. The largest absolute Gasteiger partial charge is 0.497 e. The van der Waals surface area contributed by atoms with Crippen LogP contribution in [0.2, 0.25) is 0 Å². The summed E-state index contributed by atoms with van der Waals surface area (Å²) in [7, 11) is 3.13. The lowest BCUT2D eigenvalue weighted by Crippen LogP contribution is -2.67. The van der Waals surface area contributed by atoms with Gasteiger partial charge in [-0.15, -0.1) is 0 Å². The van der Waals surface area contributed by atoms with E-state index in [1.807, 2.05) is 24.3 Å². The van der Waals surface area contributed by atoms with E-state index in [1.165, 1.54) is 23.8 Å². The summed E-state index contributed by atoms with van der Waals surface area (Å²) < 4.78 is 24.1. The summed E-state index contributed by atoms with van der Waals surface area (Å²) in [6.45, 7) is 1.93. The zero-order chi connectivity index (χ0) is 28.9. The molecule has 3 aromatic carbocycles. The number of fused-ring (bicyclic) bond motifs is 1. The first kappa shape index (κ1) is 28.7. The molecule has 7 nitrogen and oxygen atoms in total. The molecule has 1 N–H and O–H groups in total. The number of alkyl carbamates (subject to hydrolysis) is 1. The van der Waals surface area contributed by atoms with Crippen LogP contribution in [0.25, 0.3) is 0 Å². The van der Waals surface area contributed by atoms with Crippen molar-refractivity contribution in [2.45, 2.75) is 75.1 Å². The van der Waals surface area contributed by atoms with Crippen molar-refractivity contribution in [1.29, 1.82) is 0 Å². The Bertz CT molecular complexity index is 1300. The molecule has 0 aromatic heterocycles. The first-order valence-electron chi connectivity index (χ1n) is 15.1. The number of rotatable bonds is 10. The molecule has 6 atom stereocenters. The normalized spacial score (nSPS) is 28.6. The van der Waals surface area contributed by atoms with E-state index in [0.717, 1.165) is 44.4 Å². The van der Waals surface area contributed by atoms with E-state index >= 15 is 0 Å². The van der Waals surface area contributed by atoms with Crippen LogP contribution in [0.3, 0.4) is 0 Å². The van der Waals surface area contributed by atoms with Gasteiger partial charge in [0.15, 0.2) is 0 Å². The highest BCUT2D eigenvalue weighted by atomic mass is 16.5. The van der Waals surface area contributed by atoms with Crippen molar-refractivity contribution in [2.24, 2.45) is 5.92 Å². The fraction of sp³-hybridized carbons (Fsp3) is 0.457. The molecule has 2 aliphatic heterocycles. The van der Waals surface area contributed by atoms with E-state index in [2.05, 4.69) is 70.9 Å². The molecule has 2 saturated heterocycles. The van der Waals surface area contributed by atoms with E-state index < -0.39 is 0 Å². The van der Waals surface area contributed by atoms with Crippen LogP contribution in [0.1, 0.15) is 42.4 Å². The Kier molecular flexibility index (Phi) is 8.79. The minimum atomic E-state index is -0.365. The van der Waals surface area contributed by atoms with E-state index in [1.54, 1.807) is 7.11 Å². The number of methoxy groups -OCH3 is 2. The molecular formula is C35H42N2O5. The minimum Gasteiger partial charge on any atom is -0.497 e. The number of nitrogens with zero attached hydrogens (tertiary/aromatic N) is 1. The molecule has 1 saturated carbocycles. The Morgan fingerprint density at radius 1 is 0.857 bits per heavy atom. The van der Waals surface area contributed by atoms with E-state index in [9.17, 15) is 4.79 Å². The van der Waals surface area contributed by atoms with Crippen LogP contribution in [0, 0.1) is 5.92 Å². The van der Waals surface area contributed by atoms with E-state index in [0.29, 0.717) is 13.2 Å². The van der Waals surface area contributed by atoms with Crippen LogP contribution < -0.4 is 10.1 Å². The topological polar surface area (TPSA) is 69.3 Å². The quantitative estimate of drug-likeness (QED) is 0.334. The highest BCUT2D eigenvalue weighted by molar-refractivity contribution is 5.67. The SMILES string of the molecule is COC(=O)N[C@H]1CN2[C@H](Cc3ccc(OC)cc3)[C@@H](OCc3ccccc3)[C@H]3C[C@@]2(CC[C@@H]3OCc2ccccc2)C1. The van der Waals surface area contributed by atoms with E-state index in [4.69, 9.17) is 18.9 Å². The predicted molar refractivity (Wildman–Crippen MR) is 161 cm³/mol. The fourth-order valence-electron chi connectivity index (χ4n) is 7.63. The van der Waals surface area contributed by atoms with E-state index in [-0.39, 0.29) is 41.8 Å². The van der Waals surface area contributed by atoms with Crippen molar-refractivity contribution in [3.05, 3.63) is 102 Å². The highest BCUT2D eigenvalue weighted by Gasteiger charge is 2.60. The molecule has 1 spiro atoms. The first-order valence-corrected chi connectivity index (χ1v) is 15.1. The van der Waals surface area contributed by atoms with Gasteiger partial charge in [0.25, 0.3) is 0 Å². The Morgan fingerprint density at radius 2 is 1.52 bits per heavy atom. The molecule has 0 radical (unpaired) electrons. The van der Waals surface area contributed by atoms with Crippen LogP contribution in [0.15, 0.2) is 84.9 Å². The number of hydrogen-bond donors (Lipinski definition) is 1. The number of carbonyl (C=O) groups is 1. The Labute approximate surface area is 249 Å². The molecule has 3 aromatic rings. The predicted octanol–water partition coefficient (Wildman–Crippen LogP) is 5.76. The molecule has 1 amide bonds. The molecule has 2 bridgehead atoms. The molecule has 0 unspecified atom stereocenters. The summed E-state index contributed by atoms with van der Waals surface area (Å²) >= 11 is 0. The van der Waals surface area contributed by atoms with Crippen LogP contribution in [0.5, 0.6) is 5.75 Å². The summed E-state index contributed by atoms with van der Waals surface area (Å²) in [4.78, 5) is 14.9. The molecule has 1 aliphatic carbocycles. The Morgan fingerprint density at radius 3 is 2.17 bits per heavy atom. The molecule has 3 aliphatic rings. The second kappa shape index (κ2) is 12.9. The summed E-state index contributed by atoms with van der Waals surface area (Å²) in [5.74, 6) is 1.09. The molecule has 3 fully saturated rings. The van der Waals surface area contributed by atoms with Crippen LogP contribution in [0.4, 0.5) is 4.79 Å². The standard InChI is InChI=1S/C35H42N2O5/c1-39-29-15-13-25(14-16-29)19-31-33(42-24-27-11-7-4-8-12-27)30-21-35(20-28(22-37(31)35)36-34(38)40-2)18-17-32(30)41-23-26-9-5-3-6-10-26/h3-16,28,30-33H,17-24H2,1-2H3,(H,36,38)/t28-,30+,31-,32+,33+,35-/m1/s1. The third kappa shape index (κ3) is 6.19. The van der Waals surface area contributed by atoms with Gasteiger partial charge in [0, 0.05) is 30.1 Å². The van der Waals surface area contributed by atoms with Gasteiger partial charge in [-0.2, -0.15) is 0 Å². The van der Waals surface area contributed by atoms with Gasteiger partial charge < -0.3 is 24.3 Å². The lowest BCUT2D eigenvalue weighted by atomic mass is 9.65. The van der Waals surface area contributed by atoms with Crippen molar-refractivity contribution in [2.75, 3.05) is 20.8 Å². The molecule has 222 valence electrons. The van der Waals surface area contributed by atoms with Gasteiger partial charge in [0.2, 0.25) is 0 Å². The molecular weight excluding hydrogens is 528 g/mol. The average molecular weight is 571 g/mol. The molecule has 6 rings (SSSR count). The van der Waals surface area contributed by atoms with Gasteiger partial charge in [0.05, 0.1) is 39.6 Å². The van der Waals surface area contributed by atoms with Crippen molar-refractivity contribution in [3.8, 4) is 5.75 Å². The smallest absolute Gasteiger partial charge is 0.407 e. The zero-order valence-electron chi connectivity index (χ0n) is 24.6. The maximum Gasteiger partial charge on any atom is 0.407 e. The average Bonchev–Trinajstić information content (AvgIpc) is 3.38. The number of benzene rings is 3. The van der Waals surface area contributed by atoms with Crippen molar-refractivity contribution in [3.63, 3.8) is 0 Å². The van der Waals surface area contributed by atoms with Crippen LogP contribution in [-0.2, 0) is 33.8 Å². The van der Waals surface area contributed by atoms with Gasteiger partial charge in [0.1, 0.15) is 5.75 Å². The lowest BCUT2D eigenvalue weighted by molar-refractivity contribution is -0.184. The fourth-order valence-corrected chi connectivity index (χ4v) is 7.63. The van der Waals surface area contributed by atoms with Gasteiger partial charge in [-0.25, -0.2) is 4.79 Å². The third-order valence-corrected chi connectivity index (χ3v) is 9.55. The third-order valence-electron chi connectivity index (χ3n) is 9.55. The highest BCUT2D eigenvalue weighted by Crippen LogP contribution is 2.53. The second-order valence-electron chi connectivity index (χ2n) is 12.0. The maximum absolute atomic E-state index is 12.3. The first-order chi connectivity index (χ1) is 20.6. The second-order valence-corrected chi connectivity index (χ2v) is 12.0. The Balaban J connectivity index is 1.32. The van der Waals surface area contributed by atoms with Gasteiger partial charge in [-0.05, 0) is 60.9 Å². The number of amides is 1. The van der Waals surface area contributed by atoms with Crippen molar-refractivity contribution in [1.82, 2.24) is 10.2 Å². The number of hydrogen-bond acceptors (Lipinski definition) is 6. The number of ether oxygens (including phenoxy) is 4. The summed E-state index contributed by atoms with van der Waals surface area (Å²) in [6.07, 6.45) is 4.46. The zero-order valence-corrected chi connectivity index (χ0v) is 24.6. The minimum absolute atomic E-state index is 0.00724. The summed E-state index contributed by atoms with van der Waals surface area (Å²) in [5.41, 5.74) is 3.60. The number of carbonyl (C=O) groups excluding carboxylic acids is 1. The molecule has 42 heavy (non-hydrogen) atoms. The molecule has 7 heteroatoms. The Hall–Kier alpha value is -3.39. The number of piperidine rings is 1. The van der Waals surface area contributed by atoms with Gasteiger partial charge in [-0.1, -0.05) is 72.8 Å². The lowest BCUT2D eigenvalue weighted by Gasteiger charge is -2.58. The van der Waals surface area contributed by atoms with Crippen LogP contribution in [-0.4, -0.2) is 61.6 Å². The van der Waals surface area contributed by atoms with Crippen LogP contribution >= 0.6 is 0 Å². The summed E-state index contributed by atoms with van der Waals surface area (Å²) in [5, 5.41) is 3.12. The van der Waals surface area contributed by atoms with Gasteiger partial charge in [-0.3, -0.25) is 4.90 Å². The summed E-state index contributed by atoms with van der Waals surface area (Å²) in [6, 6.07) is 29.4. The van der Waals surface area contributed by atoms with Crippen molar-refractivity contribution >= 4 is 6.09 Å². The maximum atomic E-state index is 12.3. The van der Waals surface area contributed by atoms with Crippen molar-refractivity contribution < 1.29 is 23.7 Å². The molecule has 2 heterocycles. The number of nitrogens with one attached hydrogen (secondary N) is 1. The van der Waals surface area contributed by atoms with Gasteiger partial charge >= 0.3 is 6.09 Å².